The monoisotopic (exact) mass is 1180 g/mol. The predicted octanol–water partition coefficient (Wildman–Crippen LogP) is 14.4. The zero-order valence-corrected chi connectivity index (χ0v) is 48.5. The lowest BCUT2D eigenvalue weighted by molar-refractivity contribution is -0.139. The highest BCUT2D eigenvalue weighted by Gasteiger charge is 2.38. The fourth-order valence-electron chi connectivity index (χ4n) is 10.2. The minimum atomic E-state index is -4.60. The molecular weight excluding hydrogens is 1120 g/mol. The van der Waals surface area contributed by atoms with Crippen molar-refractivity contribution in [1.82, 2.24) is 15.0 Å². The molecule has 0 saturated carbocycles. The van der Waals surface area contributed by atoms with Gasteiger partial charge in [0.05, 0.1) is 86.4 Å². The molecule has 6 heterocycles. The van der Waals surface area contributed by atoms with Crippen molar-refractivity contribution < 1.29 is 50.1 Å². The van der Waals surface area contributed by atoms with Crippen LogP contribution in [0, 0.1) is 20.8 Å². The minimum Gasteiger partial charge on any atom is -0.397 e. The summed E-state index contributed by atoms with van der Waals surface area (Å²) in [6.45, 7) is 16.2. The average molecular weight is 1180 g/mol. The number of carbonyl (C=O) groups is 2. The third-order valence-corrected chi connectivity index (χ3v) is 15.9. The number of halogens is 7. The van der Waals surface area contributed by atoms with Gasteiger partial charge in [0.1, 0.15) is 0 Å². The first kappa shape index (κ1) is 61.6. The van der Waals surface area contributed by atoms with Gasteiger partial charge in [-0.05, 0) is 108 Å². The number of anilines is 3. The van der Waals surface area contributed by atoms with Crippen LogP contribution in [0.3, 0.4) is 0 Å². The normalized spacial score (nSPS) is 15.5. The Morgan fingerprint density at radius 2 is 0.871 bits per heavy atom. The van der Waals surface area contributed by atoms with Gasteiger partial charge in [0, 0.05) is 73.6 Å². The van der Waals surface area contributed by atoms with E-state index in [1.165, 1.54) is 47.8 Å². The maximum Gasteiger partial charge on any atom is 0.416 e. The molecule has 5 aromatic carbocycles. The number of hydrogen-bond acceptors (Lipinski definition) is 10. The molecule has 0 radical (unpaired) electrons. The number of pyridine rings is 3. The molecule has 442 valence electrons. The second-order valence-corrected chi connectivity index (χ2v) is 22.8. The van der Waals surface area contributed by atoms with E-state index in [-0.39, 0.29) is 50.9 Å². The fraction of sp³-hybridized carbons (Fsp3) is 0.288. The number of aromatic nitrogens is 3. The van der Waals surface area contributed by atoms with Crippen molar-refractivity contribution in [3.8, 4) is 33.4 Å². The van der Waals surface area contributed by atoms with Crippen molar-refractivity contribution in [3.05, 3.63) is 213 Å². The predicted molar refractivity (Wildman–Crippen MR) is 318 cm³/mol. The third-order valence-electron chi connectivity index (χ3n) is 15.7. The number of nitrogens with one attached hydrogen (secondary N) is 2. The summed E-state index contributed by atoms with van der Waals surface area (Å²) in [7, 11) is 0. The van der Waals surface area contributed by atoms with Crippen LogP contribution in [0.15, 0.2) is 146 Å². The summed E-state index contributed by atoms with van der Waals surface area (Å²) >= 11 is 5.63. The van der Waals surface area contributed by atoms with Crippen molar-refractivity contribution >= 4 is 40.5 Å². The Bertz CT molecular complexity index is 3600. The smallest absolute Gasteiger partial charge is 0.397 e. The van der Waals surface area contributed by atoms with Crippen LogP contribution in [-0.4, -0.2) is 66.4 Å². The molecule has 3 aliphatic heterocycles. The summed E-state index contributed by atoms with van der Waals surface area (Å²) in [6.07, 6.45) is -4.53. The Labute approximate surface area is 494 Å². The Balaban J connectivity index is 0.000000158. The quantitative estimate of drug-likeness (QED) is 0.0680. The van der Waals surface area contributed by atoms with Crippen LogP contribution >= 0.6 is 11.6 Å². The summed E-state index contributed by atoms with van der Waals surface area (Å²) < 4.78 is 96.1. The van der Waals surface area contributed by atoms with E-state index in [9.17, 15) is 35.9 Å². The molecule has 0 unspecified atom stereocenters. The van der Waals surface area contributed by atoms with Crippen molar-refractivity contribution in [2.45, 2.75) is 82.6 Å². The van der Waals surface area contributed by atoms with Gasteiger partial charge >= 0.3 is 12.4 Å². The summed E-state index contributed by atoms with van der Waals surface area (Å²) in [5.74, 6) is -1.62. The van der Waals surface area contributed by atoms with Gasteiger partial charge in [-0.3, -0.25) is 24.5 Å². The number of alkyl halides is 7. The molecule has 0 atom stereocenters. The van der Waals surface area contributed by atoms with E-state index in [1.807, 2.05) is 51.1 Å². The highest BCUT2D eigenvalue weighted by molar-refractivity contribution is 6.17. The summed E-state index contributed by atoms with van der Waals surface area (Å²) in [5, 5.41) is 5.32. The molecule has 3 aromatic heterocycles. The van der Waals surface area contributed by atoms with Crippen molar-refractivity contribution in [2.75, 3.05) is 56.0 Å². The lowest BCUT2D eigenvalue weighted by atomic mass is 9.80. The first-order chi connectivity index (χ1) is 40.3. The van der Waals surface area contributed by atoms with E-state index in [0.29, 0.717) is 43.5 Å². The van der Waals surface area contributed by atoms with Gasteiger partial charge < -0.3 is 36.3 Å². The number of ether oxygens (including phenoxy) is 3. The van der Waals surface area contributed by atoms with Gasteiger partial charge in [-0.15, -0.1) is 11.6 Å². The molecule has 3 saturated heterocycles. The number of carbonyl (C=O) groups excluding carboxylic acids is 2. The fourth-order valence-corrected chi connectivity index (χ4v) is 10.4. The van der Waals surface area contributed by atoms with Gasteiger partial charge in [0.2, 0.25) is 0 Å². The first-order valence-electron chi connectivity index (χ1n) is 27.3. The molecule has 3 aliphatic rings. The highest BCUT2D eigenvalue weighted by atomic mass is 35.5. The maximum absolute atomic E-state index is 13.3. The highest BCUT2D eigenvalue weighted by Crippen LogP contribution is 2.40. The molecular formula is C66H64ClF6N7O5. The Kier molecular flexibility index (Phi) is 18.0. The van der Waals surface area contributed by atoms with Gasteiger partial charge in [-0.1, -0.05) is 106 Å². The zero-order chi connectivity index (χ0) is 61.1. The maximum atomic E-state index is 13.3. The zero-order valence-electron chi connectivity index (χ0n) is 47.7. The molecule has 12 nitrogen and oxygen atoms in total. The number of benzene rings is 5. The van der Waals surface area contributed by atoms with E-state index in [0.717, 1.165) is 81.4 Å². The van der Waals surface area contributed by atoms with E-state index in [2.05, 4.69) is 94.9 Å². The lowest BCUT2D eigenvalue weighted by Gasteiger charge is -2.38. The summed E-state index contributed by atoms with van der Waals surface area (Å²) in [6, 6.07) is 37.0. The molecule has 85 heavy (non-hydrogen) atoms. The molecule has 0 bridgehead atoms. The Morgan fingerprint density at radius 1 is 0.518 bits per heavy atom. The molecule has 0 aliphatic carbocycles. The second-order valence-electron chi connectivity index (χ2n) is 22.5. The molecule has 0 spiro atoms. The number of nitrogens with two attached hydrogens (primary N) is 2. The minimum absolute atomic E-state index is 0.0327. The van der Waals surface area contributed by atoms with Crippen LogP contribution in [0.25, 0.3) is 33.4 Å². The first-order valence-corrected chi connectivity index (χ1v) is 27.8. The molecule has 19 heteroatoms. The van der Waals surface area contributed by atoms with Gasteiger partial charge in [-0.25, -0.2) is 0 Å². The van der Waals surface area contributed by atoms with Crippen molar-refractivity contribution in [2.24, 2.45) is 5.73 Å². The molecule has 6 N–H and O–H groups in total. The number of aryl methyl sites for hydroxylation is 3. The van der Waals surface area contributed by atoms with Gasteiger partial charge in [-0.2, -0.15) is 26.3 Å². The lowest BCUT2D eigenvalue weighted by Crippen LogP contribution is -2.43. The van der Waals surface area contributed by atoms with E-state index in [1.54, 1.807) is 18.3 Å². The molecule has 11 rings (SSSR count). The number of nitrogens with zero attached hydrogens (tertiary/aromatic N) is 3. The van der Waals surface area contributed by atoms with Crippen LogP contribution in [0.5, 0.6) is 0 Å². The molecule has 8 aromatic rings. The topological polar surface area (TPSA) is 177 Å². The molecule has 2 amide bonds. The summed E-state index contributed by atoms with van der Waals surface area (Å²) in [5.41, 5.74) is 22.6. The van der Waals surface area contributed by atoms with Crippen molar-refractivity contribution in [1.29, 1.82) is 0 Å². The van der Waals surface area contributed by atoms with Crippen LogP contribution in [0.1, 0.15) is 97.5 Å². The molecule has 3 fully saturated rings. The largest absolute Gasteiger partial charge is 0.416 e. The van der Waals surface area contributed by atoms with Gasteiger partial charge in [0.25, 0.3) is 11.8 Å². The number of amides is 2. The second kappa shape index (κ2) is 24.9. The SMILES string of the molecule is Cc1ncc(N)cc1-c1cccc(C2(C)COC2)c1.Cc1ncc(NC(=O)c2ccc(CCl)c(C(F)(F)F)c2)cc1-c1cccc(C2(C)COC2)c1.Cc1ncc(NC(=O)c2ccc(CN)c(C(F)(F)F)c2)cc1-c1cccc(C2(C)COC2)c1. The average Bonchev–Trinajstić information content (AvgIpc) is 3.44. The number of hydrogen-bond donors (Lipinski definition) is 4. The van der Waals surface area contributed by atoms with Crippen LogP contribution in [-0.2, 0) is 55.2 Å². The Hall–Kier alpha value is -8.00. The van der Waals surface area contributed by atoms with Crippen LogP contribution in [0.2, 0.25) is 0 Å². The third kappa shape index (κ3) is 13.9. The van der Waals surface area contributed by atoms with E-state index in [4.69, 9.17) is 37.3 Å². The van der Waals surface area contributed by atoms with Crippen molar-refractivity contribution in [3.63, 3.8) is 0 Å². The Morgan fingerprint density at radius 3 is 1.21 bits per heavy atom. The standard InChI is InChI=1S/C25H22ClF3N2O2.C25H24F3N3O2.C16H18N2O/c1-15-21(16-4-3-5-19(8-16)24(2)13-33-14-24)10-20(12-30-15)31-23(32)17-6-7-18(11-26)22(9-17)25(27,28)29;1-15-21(16-4-3-5-19(8-16)24(2)13-33-14-24)10-20(12-30-15)31-23(32)17-6-7-18(11-29)22(9-17)25(26,27)28;1-11-15(7-14(17)8-18-11)12-4-3-5-13(6-12)16(2)9-19-10-16/h3-10,12H,11,13-14H2,1-2H3,(H,31,32);3-10,12H,11,13-14,29H2,1-2H3,(H,31,32);3-8H,9-10,17H2,1-2H3. The summed E-state index contributed by atoms with van der Waals surface area (Å²) in [4.78, 5) is 38.5. The van der Waals surface area contributed by atoms with Crippen LogP contribution in [0.4, 0.5) is 43.4 Å². The number of rotatable bonds is 12. The van der Waals surface area contributed by atoms with Gasteiger partial charge in [0.15, 0.2) is 0 Å². The van der Waals surface area contributed by atoms with E-state index < -0.39 is 35.3 Å². The van der Waals surface area contributed by atoms with E-state index >= 15 is 0 Å². The van der Waals surface area contributed by atoms with Crippen LogP contribution < -0.4 is 22.1 Å². The number of nitrogen functional groups attached to an aromatic ring is 1.